The highest BCUT2D eigenvalue weighted by Gasteiger charge is 2.53. The maximum atomic E-state index is 13.3. The summed E-state index contributed by atoms with van der Waals surface area (Å²) in [5.74, 6) is -5.47. The van der Waals surface area contributed by atoms with Gasteiger partial charge < -0.3 is 42.6 Å². The number of fused-ring (bicyclic) bond motifs is 2. The number of ketones is 1. The van der Waals surface area contributed by atoms with Crippen LogP contribution >= 0.6 is 0 Å². The molecule has 2 aromatic carbocycles. The second-order valence-electron chi connectivity index (χ2n) is 11.3. The zero-order chi connectivity index (χ0) is 36.3. The Balaban J connectivity index is 1.99. The number of ether oxygens (including phenoxy) is 9. The topological polar surface area (TPSA) is 203 Å². The summed E-state index contributed by atoms with van der Waals surface area (Å²) in [5.41, 5.74) is 0.422. The highest BCUT2D eigenvalue weighted by Crippen LogP contribution is 2.47. The van der Waals surface area contributed by atoms with Crippen LogP contribution in [0.4, 0.5) is 0 Å². The zero-order valence-electron chi connectivity index (χ0n) is 28.0. The highest BCUT2D eigenvalue weighted by molar-refractivity contribution is 6.09. The number of esters is 6. The lowest BCUT2D eigenvalue weighted by atomic mass is 9.89. The van der Waals surface area contributed by atoms with Crippen LogP contribution in [0, 0.1) is 0 Å². The second kappa shape index (κ2) is 15.0. The molecule has 49 heavy (non-hydrogen) atoms. The standard InChI is InChI=1S/C33H36O16/c1-13-26-23(28(40)14(2)42-13)10-21-9-22(43-16(4)35)11-24(27(21)30(26)45-18(6)37)48-33-32(47-20(8)39)31(46-19(7)38)29(44-17(5)36)25(49-33)12-41-15(3)34/h9-11,13-14,25,29,31-33H,12H2,1-8H3. The van der Waals surface area contributed by atoms with E-state index in [0.717, 1.165) is 41.5 Å². The minimum atomic E-state index is -1.70. The summed E-state index contributed by atoms with van der Waals surface area (Å²) in [6.45, 7) is 9.36. The number of carbonyl (C=O) groups is 7. The molecule has 2 aliphatic heterocycles. The SMILES string of the molecule is CC(=O)OCC1OC(Oc2cc(OC(C)=O)cc3cc4c(c(OC(C)=O)c23)C(C)OC(C)C4=O)C(OC(C)=O)C(OC(C)=O)C1OC(C)=O. The van der Waals surface area contributed by atoms with E-state index in [2.05, 4.69) is 0 Å². The van der Waals surface area contributed by atoms with E-state index in [4.69, 9.17) is 42.6 Å². The maximum Gasteiger partial charge on any atom is 0.308 e. The van der Waals surface area contributed by atoms with Crippen molar-refractivity contribution in [3.05, 3.63) is 29.3 Å². The molecule has 2 heterocycles. The largest absolute Gasteiger partial charge is 0.463 e. The van der Waals surface area contributed by atoms with Gasteiger partial charge in [-0.3, -0.25) is 33.6 Å². The predicted octanol–water partition coefficient (Wildman–Crippen LogP) is 2.81. The number of Topliss-reactive ketones (excluding diaryl/α,β-unsaturated/α-hetero) is 1. The van der Waals surface area contributed by atoms with Crippen LogP contribution in [0.3, 0.4) is 0 Å². The van der Waals surface area contributed by atoms with E-state index >= 15 is 0 Å². The number of benzene rings is 2. The molecular formula is C33H36O16. The van der Waals surface area contributed by atoms with Crippen LogP contribution in [-0.4, -0.2) is 85.0 Å². The highest BCUT2D eigenvalue weighted by atomic mass is 16.7. The van der Waals surface area contributed by atoms with E-state index in [1.807, 2.05) is 0 Å². The van der Waals surface area contributed by atoms with E-state index in [1.165, 1.54) is 18.2 Å². The molecule has 0 aromatic heterocycles. The van der Waals surface area contributed by atoms with Crippen molar-refractivity contribution in [2.24, 2.45) is 0 Å². The van der Waals surface area contributed by atoms with E-state index < -0.39 is 91.1 Å². The average molecular weight is 689 g/mol. The summed E-state index contributed by atoms with van der Waals surface area (Å²) in [4.78, 5) is 86.3. The molecule has 0 spiro atoms. The van der Waals surface area contributed by atoms with Crippen molar-refractivity contribution in [1.82, 2.24) is 0 Å². The van der Waals surface area contributed by atoms with E-state index in [-0.39, 0.29) is 39.1 Å². The van der Waals surface area contributed by atoms with Gasteiger partial charge in [-0.1, -0.05) is 0 Å². The Morgan fingerprint density at radius 3 is 1.84 bits per heavy atom. The van der Waals surface area contributed by atoms with Gasteiger partial charge in [0.1, 0.15) is 36.1 Å². The Labute approximate surface area is 280 Å². The minimum Gasteiger partial charge on any atom is -0.463 e. The van der Waals surface area contributed by atoms with Crippen molar-refractivity contribution in [3.63, 3.8) is 0 Å². The lowest BCUT2D eigenvalue weighted by molar-refractivity contribution is -0.288. The lowest BCUT2D eigenvalue weighted by Gasteiger charge is -2.44. The molecule has 0 aliphatic carbocycles. The molecule has 2 aromatic rings. The molecule has 1 fully saturated rings. The van der Waals surface area contributed by atoms with Gasteiger partial charge in [-0.25, -0.2) is 0 Å². The predicted molar refractivity (Wildman–Crippen MR) is 162 cm³/mol. The first-order valence-corrected chi connectivity index (χ1v) is 15.1. The first-order valence-electron chi connectivity index (χ1n) is 15.1. The number of rotatable bonds is 9. The summed E-state index contributed by atoms with van der Waals surface area (Å²) >= 11 is 0. The van der Waals surface area contributed by atoms with Crippen LogP contribution in [0.25, 0.3) is 10.8 Å². The van der Waals surface area contributed by atoms with Crippen molar-refractivity contribution in [3.8, 4) is 17.2 Å². The Morgan fingerprint density at radius 2 is 1.27 bits per heavy atom. The molecule has 16 heteroatoms. The van der Waals surface area contributed by atoms with E-state index in [1.54, 1.807) is 13.8 Å². The van der Waals surface area contributed by atoms with Crippen LogP contribution in [-0.2, 0) is 57.2 Å². The van der Waals surface area contributed by atoms with Crippen LogP contribution in [0.5, 0.6) is 17.2 Å². The molecule has 16 nitrogen and oxygen atoms in total. The normalized spacial score (nSPS) is 24.6. The van der Waals surface area contributed by atoms with Gasteiger partial charge in [-0.05, 0) is 31.4 Å². The third-order valence-corrected chi connectivity index (χ3v) is 7.32. The molecule has 1 saturated heterocycles. The molecule has 0 saturated carbocycles. The van der Waals surface area contributed by atoms with Gasteiger partial charge in [0.05, 0.1) is 11.5 Å². The fourth-order valence-corrected chi connectivity index (χ4v) is 5.70. The molecular weight excluding hydrogens is 652 g/mol. The molecule has 264 valence electrons. The quantitative estimate of drug-likeness (QED) is 0.211. The van der Waals surface area contributed by atoms with Gasteiger partial charge in [0, 0.05) is 58.7 Å². The number of hydrogen-bond acceptors (Lipinski definition) is 16. The van der Waals surface area contributed by atoms with Crippen LogP contribution in [0.2, 0.25) is 0 Å². The molecule has 7 unspecified atom stereocenters. The summed E-state index contributed by atoms with van der Waals surface area (Å²) in [6.07, 6.45) is -9.24. The maximum absolute atomic E-state index is 13.3. The molecule has 0 radical (unpaired) electrons. The summed E-state index contributed by atoms with van der Waals surface area (Å²) < 4.78 is 50.8. The minimum absolute atomic E-state index is 0.0602. The molecule has 4 rings (SSSR count). The third kappa shape index (κ3) is 8.50. The van der Waals surface area contributed by atoms with Gasteiger partial charge in [-0.2, -0.15) is 0 Å². The first-order chi connectivity index (χ1) is 23.0. The average Bonchev–Trinajstić information content (AvgIpc) is 2.96. The molecule has 2 aliphatic rings. The van der Waals surface area contributed by atoms with Crippen molar-refractivity contribution >= 4 is 52.4 Å². The van der Waals surface area contributed by atoms with E-state index in [0.29, 0.717) is 0 Å². The third-order valence-electron chi connectivity index (χ3n) is 7.32. The Kier molecular flexibility index (Phi) is 11.2. The molecule has 0 N–H and O–H groups in total. The lowest BCUT2D eigenvalue weighted by Crippen LogP contribution is -2.63. The van der Waals surface area contributed by atoms with Gasteiger partial charge in [0.2, 0.25) is 12.4 Å². The Bertz CT molecular complexity index is 1700. The Hall–Kier alpha value is -5.09. The fourth-order valence-electron chi connectivity index (χ4n) is 5.70. The smallest absolute Gasteiger partial charge is 0.308 e. The van der Waals surface area contributed by atoms with Gasteiger partial charge >= 0.3 is 35.8 Å². The Morgan fingerprint density at radius 1 is 0.673 bits per heavy atom. The molecule has 0 bridgehead atoms. The van der Waals surface area contributed by atoms with Gasteiger partial charge in [0.25, 0.3) is 0 Å². The van der Waals surface area contributed by atoms with Crippen molar-refractivity contribution in [2.45, 2.75) is 98.3 Å². The monoisotopic (exact) mass is 688 g/mol. The number of carbonyl (C=O) groups excluding carboxylic acids is 7. The van der Waals surface area contributed by atoms with Gasteiger partial charge in [0.15, 0.2) is 18.0 Å². The van der Waals surface area contributed by atoms with Crippen LogP contribution < -0.4 is 14.2 Å². The summed E-state index contributed by atoms with van der Waals surface area (Å²) in [5, 5.41) is 0.319. The number of hydrogen-bond donors (Lipinski definition) is 0. The summed E-state index contributed by atoms with van der Waals surface area (Å²) in [7, 11) is 0. The molecule has 0 amide bonds. The van der Waals surface area contributed by atoms with Crippen molar-refractivity contribution < 1.29 is 76.2 Å². The van der Waals surface area contributed by atoms with Crippen LogP contribution in [0.1, 0.15) is 77.4 Å². The summed E-state index contributed by atoms with van der Waals surface area (Å²) in [6, 6.07) is 4.18. The zero-order valence-corrected chi connectivity index (χ0v) is 28.0. The van der Waals surface area contributed by atoms with Gasteiger partial charge in [-0.15, -0.1) is 0 Å². The van der Waals surface area contributed by atoms with Crippen molar-refractivity contribution in [1.29, 1.82) is 0 Å². The fraction of sp³-hybridized carbons (Fsp3) is 0.485. The second-order valence-corrected chi connectivity index (χ2v) is 11.3. The first kappa shape index (κ1) is 36.7. The van der Waals surface area contributed by atoms with E-state index in [9.17, 15) is 33.6 Å². The van der Waals surface area contributed by atoms with Crippen molar-refractivity contribution in [2.75, 3.05) is 6.61 Å². The molecule has 7 atom stereocenters. The van der Waals surface area contributed by atoms with Crippen LogP contribution in [0.15, 0.2) is 18.2 Å².